The monoisotopic (exact) mass is 405 g/mol. The lowest BCUT2D eigenvalue weighted by Gasteiger charge is -2.32. The average molecular weight is 406 g/mol. The smallest absolute Gasteiger partial charge is 0.322 e. The summed E-state index contributed by atoms with van der Waals surface area (Å²) in [6.45, 7) is 3.15. The number of rotatable bonds is 5. The number of piperazine rings is 1. The van der Waals surface area contributed by atoms with Gasteiger partial charge in [-0.2, -0.15) is 4.98 Å². The third-order valence-corrected chi connectivity index (χ3v) is 4.96. The number of benzene rings is 1. The maximum Gasteiger partial charge on any atom is 0.324 e. The van der Waals surface area contributed by atoms with E-state index in [4.69, 9.17) is 16.1 Å². The molecule has 2 aromatic heterocycles. The fourth-order valence-electron chi connectivity index (χ4n) is 2.78. The minimum Gasteiger partial charge on any atom is -0.322 e. The van der Waals surface area contributed by atoms with Gasteiger partial charge in [-0.05, 0) is 12.1 Å². The van der Waals surface area contributed by atoms with E-state index in [9.17, 15) is 4.79 Å². The van der Waals surface area contributed by atoms with Crippen molar-refractivity contribution in [1.82, 2.24) is 25.2 Å². The van der Waals surface area contributed by atoms with Gasteiger partial charge in [-0.15, -0.1) is 10.2 Å². The average Bonchev–Trinajstić information content (AvgIpc) is 3.34. The molecule has 140 valence electrons. The van der Waals surface area contributed by atoms with Crippen LogP contribution in [0.5, 0.6) is 0 Å². The number of amides is 1. The molecule has 3 aromatic rings. The molecule has 0 atom stereocenters. The molecular formula is C16H16ClN7O2S. The number of nitrogens with one attached hydrogen (secondary N) is 1. The second-order valence-corrected chi connectivity index (χ2v) is 7.24. The molecule has 1 aliphatic heterocycles. The topological polar surface area (TPSA) is 100 Å². The second kappa shape index (κ2) is 7.99. The Bertz CT molecular complexity index is 909. The molecule has 0 bridgehead atoms. The van der Waals surface area contributed by atoms with Crippen LogP contribution in [0.1, 0.15) is 0 Å². The summed E-state index contributed by atoms with van der Waals surface area (Å²) >= 11 is 7.31. The summed E-state index contributed by atoms with van der Waals surface area (Å²) in [7, 11) is 0. The molecular weight excluding hydrogens is 390 g/mol. The Labute approximate surface area is 163 Å². The van der Waals surface area contributed by atoms with Crippen molar-refractivity contribution >= 4 is 40.0 Å². The zero-order chi connectivity index (χ0) is 18.6. The van der Waals surface area contributed by atoms with E-state index in [1.165, 1.54) is 11.3 Å². The molecule has 1 amide bonds. The van der Waals surface area contributed by atoms with Crippen LogP contribution in [0.4, 0.5) is 11.1 Å². The minimum atomic E-state index is -0.0961. The van der Waals surface area contributed by atoms with E-state index >= 15 is 0 Å². The Morgan fingerprint density at radius 2 is 2.15 bits per heavy atom. The highest BCUT2D eigenvalue weighted by Crippen LogP contribution is 2.23. The van der Waals surface area contributed by atoms with Crippen LogP contribution in [0.15, 0.2) is 34.3 Å². The largest absolute Gasteiger partial charge is 0.324 e. The lowest BCUT2D eigenvalue weighted by Crippen LogP contribution is -2.48. The molecule has 0 spiro atoms. The molecule has 1 aliphatic rings. The normalized spacial score (nSPS) is 15.1. The summed E-state index contributed by atoms with van der Waals surface area (Å²) in [5, 5.41) is 15.4. The third kappa shape index (κ3) is 4.41. The Balaban J connectivity index is 1.31. The van der Waals surface area contributed by atoms with Crippen LogP contribution in [0.3, 0.4) is 0 Å². The predicted molar refractivity (Wildman–Crippen MR) is 102 cm³/mol. The number of anilines is 2. The summed E-state index contributed by atoms with van der Waals surface area (Å²) in [5.41, 5.74) is 2.39. The molecule has 4 rings (SSSR count). The highest BCUT2D eigenvalue weighted by atomic mass is 35.5. The third-order valence-electron chi connectivity index (χ3n) is 4.11. The van der Waals surface area contributed by atoms with E-state index in [0.717, 1.165) is 18.7 Å². The minimum absolute atomic E-state index is 0.0961. The summed E-state index contributed by atoms with van der Waals surface area (Å²) in [5.74, 6) is 0.410. The molecule has 1 saturated heterocycles. The van der Waals surface area contributed by atoms with Crippen LogP contribution in [-0.4, -0.2) is 63.9 Å². The zero-order valence-electron chi connectivity index (χ0n) is 14.2. The lowest BCUT2D eigenvalue weighted by molar-refractivity contribution is -0.117. The molecule has 1 N–H and O–H groups in total. The van der Waals surface area contributed by atoms with E-state index in [1.54, 1.807) is 17.6 Å². The van der Waals surface area contributed by atoms with Gasteiger partial charge in [0.2, 0.25) is 16.9 Å². The Kier molecular flexibility index (Phi) is 5.28. The fraction of sp³-hybridized carbons (Fsp3) is 0.312. The lowest BCUT2D eigenvalue weighted by atomic mass is 10.2. The van der Waals surface area contributed by atoms with Gasteiger partial charge in [0.15, 0.2) is 0 Å². The second-order valence-electron chi connectivity index (χ2n) is 5.97. The van der Waals surface area contributed by atoms with E-state index in [2.05, 4.69) is 30.6 Å². The van der Waals surface area contributed by atoms with Crippen molar-refractivity contribution in [3.63, 3.8) is 0 Å². The van der Waals surface area contributed by atoms with Gasteiger partial charge in [0, 0.05) is 36.8 Å². The number of halogens is 1. The summed E-state index contributed by atoms with van der Waals surface area (Å²) in [6.07, 6.45) is 0. The summed E-state index contributed by atoms with van der Waals surface area (Å²) in [6, 6.07) is 7.80. The summed E-state index contributed by atoms with van der Waals surface area (Å²) in [4.78, 5) is 20.6. The highest BCUT2D eigenvalue weighted by molar-refractivity contribution is 7.13. The van der Waals surface area contributed by atoms with Gasteiger partial charge in [0.05, 0.1) is 6.54 Å². The molecule has 27 heavy (non-hydrogen) atoms. The van der Waals surface area contributed by atoms with Crippen molar-refractivity contribution in [1.29, 1.82) is 0 Å². The molecule has 0 unspecified atom stereocenters. The molecule has 3 heterocycles. The Morgan fingerprint density at radius 1 is 1.30 bits per heavy atom. The van der Waals surface area contributed by atoms with E-state index < -0.39 is 0 Å². The maximum atomic E-state index is 12.0. The molecule has 1 aromatic carbocycles. The number of hydrogen-bond acceptors (Lipinski definition) is 9. The van der Waals surface area contributed by atoms with E-state index in [1.807, 2.05) is 17.0 Å². The Morgan fingerprint density at radius 3 is 2.89 bits per heavy atom. The number of hydrogen-bond donors (Lipinski definition) is 1. The van der Waals surface area contributed by atoms with Gasteiger partial charge in [-0.3, -0.25) is 15.0 Å². The van der Waals surface area contributed by atoms with Crippen molar-refractivity contribution in [2.45, 2.75) is 0 Å². The first-order valence-electron chi connectivity index (χ1n) is 8.30. The Hall–Kier alpha value is -2.56. The van der Waals surface area contributed by atoms with Crippen LogP contribution < -0.4 is 10.2 Å². The number of carbonyl (C=O) groups is 1. The zero-order valence-corrected chi connectivity index (χ0v) is 15.8. The van der Waals surface area contributed by atoms with Gasteiger partial charge < -0.3 is 9.42 Å². The maximum absolute atomic E-state index is 12.0. The highest BCUT2D eigenvalue weighted by Gasteiger charge is 2.23. The fourth-order valence-corrected chi connectivity index (χ4v) is 3.43. The van der Waals surface area contributed by atoms with Crippen molar-refractivity contribution in [2.24, 2.45) is 0 Å². The SMILES string of the molecule is O=C(CN1CCN(c2nc(-c3cccc(Cl)c3)no2)CC1)Nc1nncs1. The summed E-state index contributed by atoms with van der Waals surface area (Å²) < 4.78 is 5.39. The first-order valence-corrected chi connectivity index (χ1v) is 9.56. The standard InChI is InChI=1S/C16H16ClN7O2S/c17-12-3-1-2-11(8-12)14-20-16(26-22-14)24-6-4-23(5-7-24)9-13(25)19-15-21-18-10-27-15/h1-3,8,10H,4-7,9H2,(H,19,21,25). The molecule has 0 radical (unpaired) electrons. The van der Waals surface area contributed by atoms with Gasteiger partial charge in [0.25, 0.3) is 0 Å². The number of nitrogens with zero attached hydrogens (tertiary/aromatic N) is 6. The van der Waals surface area contributed by atoms with Crippen molar-refractivity contribution in [3.05, 3.63) is 34.8 Å². The van der Waals surface area contributed by atoms with Gasteiger partial charge in [-0.25, -0.2) is 0 Å². The van der Waals surface area contributed by atoms with Crippen LogP contribution in [0.2, 0.25) is 5.02 Å². The molecule has 0 saturated carbocycles. The van der Waals surface area contributed by atoms with Crippen LogP contribution >= 0.6 is 22.9 Å². The quantitative estimate of drug-likeness (QED) is 0.687. The van der Waals surface area contributed by atoms with Crippen LogP contribution in [0, 0.1) is 0 Å². The number of aromatic nitrogens is 4. The molecule has 1 fully saturated rings. The molecule has 11 heteroatoms. The van der Waals surface area contributed by atoms with Crippen molar-refractivity contribution < 1.29 is 9.32 Å². The predicted octanol–water partition coefficient (Wildman–Crippen LogP) is 2.00. The molecule has 0 aliphatic carbocycles. The first-order chi connectivity index (χ1) is 13.2. The number of carbonyl (C=O) groups excluding carboxylic acids is 1. The van der Waals surface area contributed by atoms with Gasteiger partial charge in [-0.1, -0.05) is 40.2 Å². The van der Waals surface area contributed by atoms with E-state index in [0.29, 0.717) is 41.6 Å². The van der Waals surface area contributed by atoms with Crippen LogP contribution in [0.25, 0.3) is 11.4 Å². The van der Waals surface area contributed by atoms with E-state index in [-0.39, 0.29) is 5.91 Å². The first kappa shape index (κ1) is 17.8. The van der Waals surface area contributed by atoms with Crippen molar-refractivity contribution in [2.75, 3.05) is 42.9 Å². The molecule has 9 nitrogen and oxygen atoms in total. The van der Waals surface area contributed by atoms with Crippen molar-refractivity contribution in [3.8, 4) is 11.4 Å². The van der Waals surface area contributed by atoms with Gasteiger partial charge in [0.1, 0.15) is 5.51 Å². The van der Waals surface area contributed by atoms with Crippen LogP contribution in [-0.2, 0) is 4.79 Å². The van der Waals surface area contributed by atoms with Gasteiger partial charge >= 0.3 is 6.01 Å².